The lowest BCUT2D eigenvalue weighted by molar-refractivity contribution is -0.151. The molecule has 2 atom stereocenters. The van der Waals surface area contributed by atoms with Crippen LogP contribution in [0, 0.1) is 0 Å². The van der Waals surface area contributed by atoms with E-state index < -0.39 is 17.3 Å². The van der Waals surface area contributed by atoms with Gasteiger partial charge in [0.05, 0.1) is 0 Å². The van der Waals surface area contributed by atoms with Gasteiger partial charge in [0.25, 0.3) is 5.91 Å². The number of cyclic esters (lactones) is 1. The lowest BCUT2D eigenvalue weighted by Crippen LogP contribution is -2.46. The molecule has 3 aromatic rings. The number of carbonyl (C=O) groups excluding carboxylic acids is 2. The first kappa shape index (κ1) is 20.6. The zero-order valence-corrected chi connectivity index (χ0v) is 17.5. The standard InChI is InChI=1S/C27H25NO3/c1-2-27(22-16-10-5-11-17-22)23(21-14-8-4-9-15-21)18-24(31-26(27)30)25(29)28-19-20-12-6-3-7-13-20/h3-18,23H,2,19H2,1H3,(H,28,29)/t23-,27-/m0/s1. The Bertz CT molecular complexity index is 1080. The zero-order valence-electron chi connectivity index (χ0n) is 17.5. The van der Waals surface area contributed by atoms with Crippen LogP contribution in [0.25, 0.3) is 0 Å². The molecule has 0 spiro atoms. The fourth-order valence-electron chi connectivity index (χ4n) is 4.28. The van der Waals surface area contributed by atoms with Gasteiger partial charge < -0.3 is 10.1 Å². The maximum absolute atomic E-state index is 13.5. The Hall–Kier alpha value is -3.66. The highest BCUT2D eigenvalue weighted by atomic mass is 16.5. The van der Waals surface area contributed by atoms with Crippen molar-refractivity contribution in [2.45, 2.75) is 31.2 Å². The molecule has 1 aliphatic heterocycles. The van der Waals surface area contributed by atoms with Gasteiger partial charge in [0.15, 0.2) is 5.76 Å². The third kappa shape index (κ3) is 4.02. The number of rotatable bonds is 6. The number of esters is 1. The van der Waals surface area contributed by atoms with E-state index in [0.29, 0.717) is 13.0 Å². The second kappa shape index (κ2) is 9.00. The van der Waals surface area contributed by atoms with E-state index in [0.717, 1.165) is 16.7 Å². The van der Waals surface area contributed by atoms with Gasteiger partial charge in [-0.15, -0.1) is 0 Å². The molecule has 0 saturated heterocycles. The first-order valence-corrected chi connectivity index (χ1v) is 10.5. The third-order valence-electron chi connectivity index (χ3n) is 5.94. The second-order valence-corrected chi connectivity index (χ2v) is 7.67. The number of ether oxygens (including phenoxy) is 1. The van der Waals surface area contributed by atoms with Crippen LogP contribution in [0.3, 0.4) is 0 Å². The zero-order chi connectivity index (χ0) is 21.7. The van der Waals surface area contributed by atoms with Crippen LogP contribution in [-0.2, 0) is 26.3 Å². The highest BCUT2D eigenvalue weighted by molar-refractivity contribution is 5.98. The molecule has 0 unspecified atom stereocenters. The summed E-state index contributed by atoms with van der Waals surface area (Å²) in [4.78, 5) is 26.4. The largest absolute Gasteiger partial charge is 0.420 e. The van der Waals surface area contributed by atoms with Crippen molar-refractivity contribution in [2.75, 3.05) is 0 Å². The summed E-state index contributed by atoms with van der Waals surface area (Å²) in [5.74, 6) is -1.06. The van der Waals surface area contributed by atoms with Crippen molar-refractivity contribution in [2.24, 2.45) is 0 Å². The third-order valence-corrected chi connectivity index (χ3v) is 5.94. The molecule has 1 amide bonds. The molecule has 0 aromatic heterocycles. The van der Waals surface area contributed by atoms with Crippen molar-refractivity contribution < 1.29 is 14.3 Å². The number of carbonyl (C=O) groups is 2. The van der Waals surface area contributed by atoms with Gasteiger partial charge in [-0.05, 0) is 29.2 Å². The van der Waals surface area contributed by atoms with E-state index in [9.17, 15) is 9.59 Å². The molecule has 1 heterocycles. The molecule has 0 bridgehead atoms. The summed E-state index contributed by atoms with van der Waals surface area (Å²) < 4.78 is 5.66. The van der Waals surface area contributed by atoms with Crippen molar-refractivity contribution in [3.8, 4) is 0 Å². The van der Waals surface area contributed by atoms with Gasteiger partial charge in [-0.1, -0.05) is 97.9 Å². The molecular weight excluding hydrogens is 386 g/mol. The first-order valence-electron chi connectivity index (χ1n) is 10.5. The quantitative estimate of drug-likeness (QED) is 0.589. The molecule has 4 heteroatoms. The minimum absolute atomic E-state index is 0.0507. The molecule has 31 heavy (non-hydrogen) atoms. The Morgan fingerprint density at radius 3 is 2.10 bits per heavy atom. The topological polar surface area (TPSA) is 55.4 Å². The predicted molar refractivity (Wildman–Crippen MR) is 120 cm³/mol. The van der Waals surface area contributed by atoms with Gasteiger partial charge in [-0.2, -0.15) is 0 Å². The molecule has 3 aromatic carbocycles. The summed E-state index contributed by atoms with van der Waals surface area (Å²) >= 11 is 0. The molecule has 0 fully saturated rings. The van der Waals surface area contributed by atoms with Crippen molar-refractivity contribution in [1.82, 2.24) is 5.32 Å². The molecule has 0 saturated carbocycles. The highest BCUT2D eigenvalue weighted by Crippen LogP contribution is 2.47. The molecule has 156 valence electrons. The van der Waals surface area contributed by atoms with Gasteiger partial charge in [-0.3, -0.25) is 9.59 Å². The summed E-state index contributed by atoms with van der Waals surface area (Å²) in [6.07, 6.45) is 2.35. The van der Waals surface area contributed by atoms with Gasteiger partial charge in [-0.25, -0.2) is 0 Å². The van der Waals surface area contributed by atoms with Gasteiger partial charge in [0.1, 0.15) is 5.41 Å². The molecule has 0 aliphatic carbocycles. The highest BCUT2D eigenvalue weighted by Gasteiger charge is 2.50. The number of benzene rings is 3. The Kier molecular flexibility index (Phi) is 5.99. The van der Waals surface area contributed by atoms with Crippen LogP contribution in [0.5, 0.6) is 0 Å². The summed E-state index contributed by atoms with van der Waals surface area (Å²) in [6, 6.07) is 29.1. The fourth-order valence-corrected chi connectivity index (χ4v) is 4.28. The minimum atomic E-state index is -0.897. The minimum Gasteiger partial charge on any atom is -0.420 e. The SMILES string of the molecule is CC[C@@]1(c2ccccc2)C(=O)OC(C(=O)NCc2ccccc2)=C[C@H]1c1ccccc1. The Balaban J connectivity index is 1.72. The van der Waals surface area contributed by atoms with Crippen LogP contribution in [0.2, 0.25) is 0 Å². The summed E-state index contributed by atoms with van der Waals surface area (Å²) in [5.41, 5.74) is 1.94. The summed E-state index contributed by atoms with van der Waals surface area (Å²) in [7, 11) is 0. The summed E-state index contributed by atoms with van der Waals surface area (Å²) in [5, 5.41) is 2.86. The van der Waals surface area contributed by atoms with Crippen LogP contribution in [-0.4, -0.2) is 11.9 Å². The maximum atomic E-state index is 13.5. The molecule has 1 N–H and O–H groups in total. The Labute approximate surface area is 182 Å². The van der Waals surface area contributed by atoms with E-state index in [4.69, 9.17) is 4.74 Å². The number of nitrogens with one attached hydrogen (secondary N) is 1. The van der Waals surface area contributed by atoms with Crippen LogP contribution in [0.4, 0.5) is 0 Å². The number of hydrogen-bond donors (Lipinski definition) is 1. The van der Waals surface area contributed by atoms with Crippen molar-refractivity contribution >= 4 is 11.9 Å². The monoisotopic (exact) mass is 411 g/mol. The van der Waals surface area contributed by atoms with Crippen molar-refractivity contribution in [3.05, 3.63) is 120 Å². The first-order chi connectivity index (χ1) is 15.1. The fraction of sp³-hybridized carbons (Fsp3) is 0.185. The van der Waals surface area contributed by atoms with E-state index in [1.165, 1.54) is 0 Å². The van der Waals surface area contributed by atoms with E-state index >= 15 is 0 Å². The average Bonchev–Trinajstić information content (AvgIpc) is 2.84. The Morgan fingerprint density at radius 1 is 0.903 bits per heavy atom. The van der Waals surface area contributed by atoms with Gasteiger partial charge in [0, 0.05) is 12.5 Å². The Morgan fingerprint density at radius 2 is 1.48 bits per heavy atom. The van der Waals surface area contributed by atoms with E-state index in [-0.39, 0.29) is 11.7 Å². The van der Waals surface area contributed by atoms with Crippen molar-refractivity contribution in [3.63, 3.8) is 0 Å². The van der Waals surface area contributed by atoms with Crippen LogP contribution in [0.1, 0.15) is 36.0 Å². The van der Waals surface area contributed by atoms with Crippen LogP contribution in [0.15, 0.2) is 103 Å². The summed E-state index contributed by atoms with van der Waals surface area (Å²) in [6.45, 7) is 2.35. The van der Waals surface area contributed by atoms with E-state index in [1.807, 2.05) is 97.9 Å². The normalized spacial score (nSPS) is 20.5. The maximum Gasteiger partial charge on any atom is 0.323 e. The smallest absolute Gasteiger partial charge is 0.323 e. The lowest BCUT2D eigenvalue weighted by Gasteiger charge is -2.40. The van der Waals surface area contributed by atoms with E-state index in [2.05, 4.69) is 5.32 Å². The number of amides is 1. The van der Waals surface area contributed by atoms with Gasteiger partial charge in [0.2, 0.25) is 0 Å². The number of hydrogen-bond acceptors (Lipinski definition) is 3. The molecule has 4 rings (SSSR count). The van der Waals surface area contributed by atoms with E-state index in [1.54, 1.807) is 6.08 Å². The van der Waals surface area contributed by atoms with Crippen LogP contribution >= 0.6 is 0 Å². The molecule has 4 nitrogen and oxygen atoms in total. The molecule has 0 radical (unpaired) electrons. The van der Waals surface area contributed by atoms with Gasteiger partial charge >= 0.3 is 5.97 Å². The average molecular weight is 412 g/mol. The lowest BCUT2D eigenvalue weighted by atomic mass is 9.64. The molecular formula is C27H25NO3. The number of allylic oxidation sites excluding steroid dienone is 1. The van der Waals surface area contributed by atoms with Crippen molar-refractivity contribution in [1.29, 1.82) is 0 Å². The second-order valence-electron chi connectivity index (χ2n) is 7.67. The predicted octanol–water partition coefficient (Wildman–Crippen LogP) is 4.88. The van der Waals surface area contributed by atoms with Crippen LogP contribution < -0.4 is 5.32 Å². The molecule has 1 aliphatic rings.